The number of carbonyl (C=O) groups is 2. The maximum Gasteiger partial charge on any atom is 0.326 e. The standard InChI is InChI=1S/C9H18N2O5S/c1-7(8(12)13)11(2)9(14)10-5-4-6-17(3,15)16/h7H,4-6H2,1-3H3,(H,10,14)(H,12,13). The third-order valence-electron chi connectivity index (χ3n) is 2.23. The average Bonchev–Trinajstić information content (AvgIpc) is 2.20. The molecule has 7 nitrogen and oxygen atoms in total. The van der Waals surface area contributed by atoms with Gasteiger partial charge in [-0.3, -0.25) is 0 Å². The highest BCUT2D eigenvalue weighted by molar-refractivity contribution is 7.90. The summed E-state index contributed by atoms with van der Waals surface area (Å²) in [6, 6.07) is -1.46. The summed E-state index contributed by atoms with van der Waals surface area (Å²) in [6.45, 7) is 1.58. The van der Waals surface area contributed by atoms with Crippen LogP contribution in [-0.4, -0.2) is 62.1 Å². The van der Waals surface area contributed by atoms with Crippen LogP contribution in [0.3, 0.4) is 0 Å². The van der Waals surface area contributed by atoms with E-state index in [9.17, 15) is 18.0 Å². The van der Waals surface area contributed by atoms with Crippen LogP contribution in [0.4, 0.5) is 4.79 Å². The molecule has 1 atom stereocenters. The predicted octanol–water partition coefficient (Wildman–Crippen LogP) is -0.464. The summed E-state index contributed by atoms with van der Waals surface area (Å²) in [6.07, 6.45) is 1.42. The molecule has 0 saturated carbocycles. The predicted molar refractivity (Wildman–Crippen MR) is 62.6 cm³/mol. The molecule has 0 aromatic carbocycles. The van der Waals surface area contributed by atoms with E-state index in [-0.39, 0.29) is 12.3 Å². The first-order valence-corrected chi connectivity index (χ1v) is 7.12. The van der Waals surface area contributed by atoms with E-state index in [4.69, 9.17) is 5.11 Å². The summed E-state index contributed by atoms with van der Waals surface area (Å²) in [5.41, 5.74) is 0. The van der Waals surface area contributed by atoms with Crippen molar-refractivity contribution in [3.63, 3.8) is 0 Å². The summed E-state index contributed by atoms with van der Waals surface area (Å²) in [4.78, 5) is 23.1. The zero-order valence-corrected chi connectivity index (χ0v) is 11.0. The second kappa shape index (κ2) is 6.43. The second-order valence-electron chi connectivity index (χ2n) is 3.84. The van der Waals surface area contributed by atoms with Crippen LogP contribution in [-0.2, 0) is 14.6 Å². The van der Waals surface area contributed by atoms with Crippen LogP contribution < -0.4 is 5.32 Å². The average molecular weight is 266 g/mol. The number of aliphatic carboxylic acids is 1. The molecule has 0 heterocycles. The van der Waals surface area contributed by atoms with Gasteiger partial charge in [-0.1, -0.05) is 0 Å². The Morgan fingerprint density at radius 3 is 2.35 bits per heavy atom. The number of amides is 2. The van der Waals surface area contributed by atoms with Gasteiger partial charge in [0.25, 0.3) is 0 Å². The van der Waals surface area contributed by atoms with Crippen LogP contribution in [0.5, 0.6) is 0 Å². The Labute approximate surface area is 101 Å². The van der Waals surface area contributed by atoms with Gasteiger partial charge in [-0.25, -0.2) is 18.0 Å². The molecule has 0 rings (SSSR count). The highest BCUT2D eigenvalue weighted by Gasteiger charge is 2.21. The highest BCUT2D eigenvalue weighted by Crippen LogP contribution is 1.96. The van der Waals surface area contributed by atoms with Crippen LogP contribution in [0.2, 0.25) is 0 Å². The maximum absolute atomic E-state index is 11.4. The number of nitrogens with zero attached hydrogens (tertiary/aromatic N) is 1. The van der Waals surface area contributed by atoms with Crippen molar-refractivity contribution in [1.29, 1.82) is 0 Å². The van der Waals surface area contributed by atoms with Crippen LogP contribution in [0.15, 0.2) is 0 Å². The number of carboxylic acids is 1. The Bertz CT molecular complexity index is 379. The van der Waals surface area contributed by atoms with Gasteiger partial charge in [0.15, 0.2) is 0 Å². The largest absolute Gasteiger partial charge is 0.480 e. The van der Waals surface area contributed by atoms with E-state index in [0.717, 1.165) is 11.2 Å². The number of sulfone groups is 1. The van der Waals surface area contributed by atoms with Gasteiger partial charge in [0.05, 0.1) is 5.75 Å². The minimum absolute atomic E-state index is 0.00845. The van der Waals surface area contributed by atoms with Gasteiger partial charge in [-0.15, -0.1) is 0 Å². The molecule has 100 valence electrons. The van der Waals surface area contributed by atoms with Crippen LogP contribution in [0.25, 0.3) is 0 Å². The molecule has 17 heavy (non-hydrogen) atoms. The summed E-state index contributed by atoms with van der Waals surface area (Å²) < 4.78 is 21.6. The van der Waals surface area contributed by atoms with E-state index < -0.39 is 27.9 Å². The highest BCUT2D eigenvalue weighted by atomic mass is 32.2. The van der Waals surface area contributed by atoms with E-state index in [2.05, 4.69) is 5.32 Å². The fourth-order valence-corrected chi connectivity index (χ4v) is 1.66. The van der Waals surface area contributed by atoms with Gasteiger partial charge in [-0.2, -0.15) is 0 Å². The van der Waals surface area contributed by atoms with E-state index >= 15 is 0 Å². The lowest BCUT2D eigenvalue weighted by Crippen LogP contribution is -2.46. The lowest BCUT2D eigenvalue weighted by atomic mass is 10.3. The summed E-state index contributed by atoms with van der Waals surface area (Å²) >= 11 is 0. The number of carbonyl (C=O) groups excluding carboxylic acids is 1. The monoisotopic (exact) mass is 266 g/mol. The van der Waals surface area contributed by atoms with Crippen molar-refractivity contribution in [1.82, 2.24) is 10.2 Å². The van der Waals surface area contributed by atoms with Gasteiger partial charge in [0.2, 0.25) is 0 Å². The Balaban J connectivity index is 3.99. The molecule has 1 unspecified atom stereocenters. The normalized spacial score (nSPS) is 12.9. The molecule has 8 heteroatoms. The van der Waals surface area contributed by atoms with Crippen LogP contribution in [0, 0.1) is 0 Å². The summed E-state index contributed by atoms with van der Waals surface area (Å²) in [5, 5.41) is 11.1. The first-order chi connectivity index (χ1) is 7.65. The van der Waals surface area contributed by atoms with E-state index in [1.807, 2.05) is 0 Å². The summed E-state index contributed by atoms with van der Waals surface area (Å²) in [7, 11) is -1.67. The number of hydrogen-bond acceptors (Lipinski definition) is 4. The minimum atomic E-state index is -3.03. The van der Waals surface area contributed by atoms with Crippen molar-refractivity contribution >= 4 is 21.8 Å². The molecule has 0 bridgehead atoms. The Morgan fingerprint density at radius 1 is 1.41 bits per heavy atom. The molecule has 0 saturated heterocycles. The smallest absolute Gasteiger partial charge is 0.326 e. The van der Waals surface area contributed by atoms with E-state index in [1.54, 1.807) is 0 Å². The van der Waals surface area contributed by atoms with Crippen molar-refractivity contribution in [2.75, 3.05) is 25.6 Å². The van der Waals surface area contributed by atoms with Crippen molar-refractivity contribution in [2.45, 2.75) is 19.4 Å². The third-order valence-corrected chi connectivity index (χ3v) is 3.26. The molecule has 0 aromatic rings. The van der Waals surface area contributed by atoms with Crippen LogP contribution >= 0.6 is 0 Å². The quantitative estimate of drug-likeness (QED) is 0.633. The summed E-state index contributed by atoms with van der Waals surface area (Å²) in [5.74, 6) is -1.11. The molecular formula is C9H18N2O5S. The fourth-order valence-electron chi connectivity index (χ4n) is 0.996. The van der Waals surface area contributed by atoms with Gasteiger partial charge in [0.1, 0.15) is 15.9 Å². The molecular weight excluding hydrogens is 248 g/mol. The molecule has 0 aliphatic carbocycles. The first-order valence-electron chi connectivity index (χ1n) is 5.06. The zero-order chi connectivity index (χ0) is 13.6. The van der Waals surface area contributed by atoms with Crippen molar-refractivity contribution in [3.8, 4) is 0 Å². The molecule has 0 aliphatic rings. The Hall–Kier alpha value is -1.31. The number of rotatable bonds is 6. The van der Waals surface area contributed by atoms with E-state index in [1.165, 1.54) is 14.0 Å². The van der Waals surface area contributed by atoms with E-state index in [0.29, 0.717) is 6.42 Å². The van der Waals surface area contributed by atoms with Crippen molar-refractivity contribution in [3.05, 3.63) is 0 Å². The van der Waals surface area contributed by atoms with Crippen molar-refractivity contribution < 1.29 is 23.1 Å². The number of urea groups is 1. The van der Waals surface area contributed by atoms with Gasteiger partial charge in [-0.05, 0) is 13.3 Å². The number of hydrogen-bond donors (Lipinski definition) is 2. The van der Waals surface area contributed by atoms with Gasteiger partial charge in [0, 0.05) is 19.8 Å². The Kier molecular flexibility index (Phi) is 5.94. The maximum atomic E-state index is 11.4. The van der Waals surface area contributed by atoms with Gasteiger partial charge >= 0.3 is 12.0 Å². The first kappa shape index (κ1) is 15.7. The molecule has 0 aromatic heterocycles. The number of likely N-dealkylation sites (N-methyl/N-ethyl adjacent to an activating group) is 1. The Morgan fingerprint density at radius 2 is 1.94 bits per heavy atom. The lowest BCUT2D eigenvalue weighted by Gasteiger charge is -2.21. The molecule has 2 N–H and O–H groups in total. The molecule has 2 amide bonds. The SMILES string of the molecule is CC(C(=O)O)N(C)C(=O)NCCCS(C)(=O)=O. The van der Waals surface area contributed by atoms with Crippen LogP contribution in [0.1, 0.15) is 13.3 Å². The number of carboxylic acid groups (broad SMARTS) is 1. The number of nitrogens with one attached hydrogen (secondary N) is 1. The minimum Gasteiger partial charge on any atom is -0.480 e. The third kappa shape index (κ3) is 6.77. The molecule has 0 fully saturated rings. The molecule has 0 spiro atoms. The fraction of sp³-hybridized carbons (Fsp3) is 0.778. The zero-order valence-electron chi connectivity index (χ0n) is 10.1. The lowest BCUT2D eigenvalue weighted by molar-refractivity contribution is -0.141. The topological polar surface area (TPSA) is 104 Å². The molecule has 0 aliphatic heterocycles. The molecule has 0 radical (unpaired) electrons. The van der Waals surface area contributed by atoms with Gasteiger partial charge < -0.3 is 15.3 Å². The van der Waals surface area contributed by atoms with Crippen molar-refractivity contribution in [2.24, 2.45) is 0 Å². The second-order valence-corrected chi connectivity index (χ2v) is 6.10.